The van der Waals surface area contributed by atoms with E-state index >= 15 is 0 Å². The lowest BCUT2D eigenvalue weighted by Gasteiger charge is -1.92. The molecule has 0 aliphatic rings. The van der Waals surface area contributed by atoms with Crippen LogP contribution < -0.4 is 5.32 Å². The molecule has 0 amide bonds. The van der Waals surface area contributed by atoms with Crippen LogP contribution in [-0.2, 0) is 6.54 Å². The molecule has 0 saturated carbocycles. The Morgan fingerprint density at radius 2 is 2.00 bits per heavy atom. The van der Waals surface area contributed by atoms with Crippen molar-refractivity contribution in [3.8, 4) is 11.4 Å². The van der Waals surface area contributed by atoms with Crippen LogP contribution >= 0.6 is 12.4 Å². The van der Waals surface area contributed by atoms with Crippen molar-refractivity contribution >= 4 is 12.4 Å². The zero-order chi connectivity index (χ0) is 10.7. The lowest BCUT2D eigenvalue weighted by molar-refractivity contribution is 0.372. The summed E-state index contributed by atoms with van der Waals surface area (Å²) < 4.78 is 17.6. The van der Waals surface area contributed by atoms with E-state index in [1.54, 1.807) is 19.2 Å². The quantitative estimate of drug-likeness (QED) is 0.896. The smallest absolute Gasteiger partial charge is 0.240 e. The van der Waals surface area contributed by atoms with Gasteiger partial charge in [0.1, 0.15) is 5.82 Å². The number of hydrogen-bond acceptors (Lipinski definition) is 4. The lowest BCUT2D eigenvalue weighted by atomic mass is 10.2. The second kappa shape index (κ2) is 5.58. The van der Waals surface area contributed by atoms with Gasteiger partial charge in [-0.3, -0.25) is 0 Å². The van der Waals surface area contributed by atoms with Crippen LogP contribution in [0.2, 0.25) is 0 Å². The van der Waals surface area contributed by atoms with Crippen molar-refractivity contribution in [3.63, 3.8) is 0 Å². The molecular formula is C10H11ClFN3O. The topological polar surface area (TPSA) is 51.0 Å². The second-order valence-electron chi connectivity index (χ2n) is 3.05. The van der Waals surface area contributed by atoms with Crippen LogP contribution in [0.5, 0.6) is 0 Å². The van der Waals surface area contributed by atoms with Crippen molar-refractivity contribution in [2.24, 2.45) is 0 Å². The molecule has 1 heterocycles. The van der Waals surface area contributed by atoms with Crippen LogP contribution in [0.3, 0.4) is 0 Å². The summed E-state index contributed by atoms with van der Waals surface area (Å²) in [7, 11) is 1.79. The molecule has 0 bridgehead atoms. The summed E-state index contributed by atoms with van der Waals surface area (Å²) in [5, 5.41) is 6.69. The summed E-state index contributed by atoms with van der Waals surface area (Å²) in [5.41, 5.74) is 0.738. The minimum atomic E-state index is -0.280. The minimum absolute atomic E-state index is 0. The summed E-state index contributed by atoms with van der Waals surface area (Å²) >= 11 is 0. The predicted molar refractivity (Wildman–Crippen MR) is 59.7 cm³/mol. The van der Waals surface area contributed by atoms with Gasteiger partial charge in [-0.15, -0.1) is 12.4 Å². The van der Waals surface area contributed by atoms with Crippen LogP contribution in [-0.4, -0.2) is 17.2 Å². The van der Waals surface area contributed by atoms with E-state index < -0.39 is 0 Å². The van der Waals surface area contributed by atoms with Gasteiger partial charge in [-0.05, 0) is 31.3 Å². The molecule has 6 heteroatoms. The Bertz CT molecular complexity index is 444. The molecule has 86 valence electrons. The third-order valence-corrected chi connectivity index (χ3v) is 1.90. The molecule has 2 rings (SSSR count). The normalized spacial score (nSPS) is 9.88. The highest BCUT2D eigenvalue weighted by Crippen LogP contribution is 2.15. The van der Waals surface area contributed by atoms with Crippen LogP contribution in [0.25, 0.3) is 11.4 Å². The summed E-state index contributed by atoms with van der Waals surface area (Å²) in [6, 6.07) is 5.96. The first-order valence-electron chi connectivity index (χ1n) is 4.52. The molecule has 16 heavy (non-hydrogen) atoms. The van der Waals surface area contributed by atoms with E-state index in [4.69, 9.17) is 4.52 Å². The van der Waals surface area contributed by atoms with Crippen molar-refractivity contribution in [1.82, 2.24) is 15.5 Å². The summed E-state index contributed by atoms with van der Waals surface area (Å²) in [4.78, 5) is 4.14. The van der Waals surface area contributed by atoms with Gasteiger partial charge >= 0.3 is 0 Å². The molecule has 1 aromatic carbocycles. The van der Waals surface area contributed by atoms with Crippen molar-refractivity contribution in [2.45, 2.75) is 6.54 Å². The second-order valence-corrected chi connectivity index (χ2v) is 3.05. The van der Waals surface area contributed by atoms with Crippen LogP contribution in [0, 0.1) is 5.82 Å². The first-order valence-corrected chi connectivity index (χ1v) is 4.52. The fourth-order valence-corrected chi connectivity index (χ4v) is 1.19. The average molecular weight is 244 g/mol. The number of hydrogen-bond donors (Lipinski definition) is 1. The summed E-state index contributed by atoms with van der Waals surface area (Å²) in [6.45, 7) is 0.522. The van der Waals surface area contributed by atoms with Crippen molar-refractivity contribution in [3.05, 3.63) is 36.0 Å². The van der Waals surface area contributed by atoms with E-state index in [0.717, 1.165) is 5.56 Å². The Morgan fingerprint density at radius 1 is 1.31 bits per heavy atom. The van der Waals surface area contributed by atoms with Crippen molar-refractivity contribution in [1.29, 1.82) is 0 Å². The standard InChI is InChI=1S/C10H10FN3O.ClH/c1-12-6-9-13-10(14-15-9)7-2-4-8(11)5-3-7;/h2-5,12H,6H2,1H3;1H. The number of rotatable bonds is 3. The molecular weight excluding hydrogens is 233 g/mol. The van der Waals surface area contributed by atoms with E-state index in [2.05, 4.69) is 15.5 Å². The zero-order valence-electron chi connectivity index (χ0n) is 8.61. The maximum Gasteiger partial charge on any atom is 0.240 e. The van der Waals surface area contributed by atoms with Gasteiger partial charge in [0.25, 0.3) is 0 Å². The Morgan fingerprint density at radius 3 is 2.62 bits per heavy atom. The van der Waals surface area contributed by atoms with Crippen molar-refractivity contribution in [2.75, 3.05) is 7.05 Å². The fraction of sp³-hybridized carbons (Fsp3) is 0.200. The summed E-state index contributed by atoms with van der Waals surface area (Å²) in [6.07, 6.45) is 0. The fourth-order valence-electron chi connectivity index (χ4n) is 1.19. The van der Waals surface area contributed by atoms with E-state index in [1.807, 2.05) is 0 Å². The Kier molecular flexibility index (Phi) is 4.39. The molecule has 0 radical (unpaired) electrons. The monoisotopic (exact) mass is 243 g/mol. The first-order chi connectivity index (χ1) is 7.29. The molecule has 2 aromatic rings. The molecule has 4 nitrogen and oxygen atoms in total. The van der Waals surface area contributed by atoms with E-state index in [1.165, 1.54) is 12.1 Å². The number of nitrogens with zero attached hydrogens (tertiary/aromatic N) is 2. The highest BCUT2D eigenvalue weighted by molar-refractivity contribution is 5.85. The molecule has 1 aromatic heterocycles. The summed E-state index contributed by atoms with van der Waals surface area (Å²) in [5.74, 6) is 0.703. The molecule has 0 unspecified atom stereocenters. The largest absolute Gasteiger partial charge is 0.338 e. The SMILES string of the molecule is CNCc1nc(-c2ccc(F)cc2)no1.Cl. The number of aromatic nitrogens is 2. The van der Waals surface area contributed by atoms with Gasteiger partial charge < -0.3 is 9.84 Å². The zero-order valence-corrected chi connectivity index (χ0v) is 9.42. The van der Waals surface area contributed by atoms with Gasteiger partial charge in [-0.1, -0.05) is 5.16 Å². The number of benzene rings is 1. The van der Waals surface area contributed by atoms with Gasteiger partial charge in [0.15, 0.2) is 0 Å². The molecule has 0 fully saturated rings. The highest BCUT2D eigenvalue weighted by Gasteiger charge is 2.07. The Labute approximate surface area is 98.3 Å². The third kappa shape index (κ3) is 2.77. The molecule has 1 N–H and O–H groups in total. The highest BCUT2D eigenvalue weighted by atomic mass is 35.5. The molecule has 0 atom stereocenters. The van der Waals surface area contributed by atoms with Crippen LogP contribution in [0.15, 0.2) is 28.8 Å². The Hall–Kier alpha value is -1.46. The third-order valence-electron chi connectivity index (χ3n) is 1.90. The first kappa shape index (κ1) is 12.6. The molecule has 0 saturated heterocycles. The minimum Gasteiger partial charge on any atom is -0.338 e. The average Bonchev–Trinajstić information content (AvgIpc) is 2.68. The van der Waals surface area contributed by atoms with Gasteiger partial charge in [-0.25, -0.2) is 4.39 Å². The van der Waals surface area contributed by atoms with E-state index in [0.29, 0.717) is 18.3 Å². The van der Waals surface area contributed by atoms with E-state index in [-0.39, 0.29) is 18.2 Å². The van der Waals surface area contributed by atoms with Crippen LogP contribution in [0.4, 0.5) is 4.39 Å². The number of nitrogens with one attached hydrogen (secondary N) is 1. The van der Waals surface area contributed by atoms with Gasteiger partial charge in [-0.2, -0.15) is 4.98 Å². The van der Waals surface area contributed by atoms with E-state index in [9.17, 15) is 4.39 Å². The predicted octanol–water partition coefficient (Wildman–Crippen LogP) is 2.02. The maximum absolute atomic E-state index is 12.7. The molecule has 0 aliphatic heterocycles. The van der Waals surface area contributed by atoms with Gasteiger partial charge in [0.2, 0.25) is 11.7 Å². The van der Waals surface area contributed by atoms with Crippen molar-refractivity contribution < 1.29 is 8.91 Å². The molecule has 0 aliphatic carbocycles. The molecule has 0 spiro atoms. The lowest BCUT2D eigenvalue weighted by Crippen LogP contribution is -2.04. The van der Waals surface area contributed by atoms with Gasteiger partial charge in [0, 0.05) is 5.56 Å². The Balaban J connectivity index is 0.00000128. The van der Waals surface area contributed by atoms with Crippen LogP contribution in [0.1, 0.15) is 5.89 Å². The maximum atomic E-state index is 12.7. The van der Waals surface area contributed by atoms with Gasteiger partial charge in [0.05, 0.1) is 6.54 Å². The number of halogens is 2.